The van der Waals surface area contributed by atoms with Crippen molar-refractivity contribution >= 4 is 5.96 Å². The van der Waals surface area contributed by atoms with Gasteiger partial charge in [-0.3, -0.25) is 4.99 Å². The van der Waals surface area contributed by atoms with Crippen LogP contribution in [-0.4, -0.2) is 38.4 Å². The number of benzene rings is 1. The minimum Gasteiger partial charge on any atom is -0.491 e. The Morgan fingerprint density at radius 1 is 1.19 bits per heavy atom. The maximum absolute atomic E-state index is 13.4. The lowest BCUT2D eigenvalue weighted by molar-refractivity contribution is -0.138. The topological polar surface area (TPSA) is 54.9 Å². The second-order valence-electron chi connectivity index (χ2n) is 6.73. The molecule has 0 spiro atoms. The number of nitrogens with one attached hydrogen (secondary N) is 2. The SMILES string of the molecule is CN=C(NCc1ccc(OC(C)C)cc1C(F)(F)F)NCC(C)(C)OC. The number of guanidine groups is 1. The van der Waals surface area contributed by atoms with Crippen molar-refractivity contribution in [2.24, 2.45) is 4.99 Å². The molecule has 0 atom stereocenters. The molecule has 2 N–H and O–H groups in total. The van der Waals surface area contributed by atoms with E-state index in [-0.39, 0.29) is 24.0 Å². The zero-order valence-corrected chi connectivity index (χ0v) is 16.1. The molecule has 0 aliphatic heterocycles. The molecule has 8 heteroatoms. The number of hydrogen-bond acceptors (Lipinski definition) is 3. The lowest BCUT2D eigenvalue weighted by atomic mass is 10.1. The van der Waals surface area contributed by atoms with Gasteiger partial charge in [-0.2, -0.15) is 13.2 Å². The Balaban J connectivity index is 2.88. The molecule has 0 heterocycles. The highest BCUT2D eigenvalue weighted by Crippen LogP contribution is 2.34. The molecular weight excluding hydrogens is 347 g/mol. The van der Waals surface area contributed by atoms with Gasteiger partial charge in [0.1, 0.15) is 5.75 Å². The van der Waals surface area contributed by atoms with E-state index in [1.54, 1.807) is 28.0 Å². The van der Waals surface area contributed by atoms with Crippen molar-refractivity contribution in [3.8, 4) is 5.75 Å². The van der Waals surface area contributed by atoms with Crippen molar-refractivity contribution in [3.05, 3.63) is 29.3 Å². The normalized spacial score (nSPS) is 13.1. The lowest BCUT2D eigenvalue weighted by Gasteiger charge is -2.24. The van der Waals surface area contributed by atoms with Gasteiger partial charge in [-0.15, -0.1) is 0 Å². The highest BCUT2D eigenvalue weighted by molar-refractivity contribution is 5.79. The Kier molecular flexibility index (Phi) is 7.74. The molecule has 1 aromatic rings. The van der Waals surface area contributed by atoms with Gasteiger partial charge in [-0.1, -0.05) is 6.07 Å². The molecule has 148 valence electrons. The van der Waals surface area contributed by atoms with Crippen LogP contribution in [-0.2, 0) is 17.5 Å². The minimum atomic E-state index is -4.47. The number of ether oxygens (including phenoxy) is 2. The summed E-state index contributed by atoms with van der Waals surface area (Å²) in [4.78, 5) is 4.02. The fourth-order valence-electron chi connectivity index (χ4n) is 2.09. The summed E-state index contributed by atoms with van der Waals surface area (Å²) in [6, 6.07) is 3.98. The van der Waals surface area contributed by atoms with E-state index in [1.165, 1.54) is 12.1 Å². The standard InChI is InChI=1S/C18H28F3N3O2/c1-12(2)26-14-8-7-13(15(9-14)18(19,20)21)10-23-16(22-5)24-11-17(3,4)25-6/h7-9,12H,10-11H2,1-6H3,(H2,22,23,24). The Bertz CT molecular complexity index is 614. The molecule has 0 radical (unpaired) electrons. The summed E-state index contributed by atoms with van der Waals surface area (Å²) in [7, 11) is 3.15. The Hall–Kier alpha value is -1.96. The maximum atomic E-state index is 13.4. The van der Waals surface area contributed by atoms with Crippen LogP contribution in [0.1, 0.15) is 38.8 Å². The molecule has 0 fully saturated rings. The lowest BCUT2D eigenvalue weighted by Crippen LogP contribution is -2.45. The van der Waals surface area contributed by atoms with E-state index in [0.29, 0.717) is 12.5 Å². The van der Waals surface area contributed by atoms with Crippen molar-refractivity contribution < 1.29 is 22.6 Å². The van der Waals surface area contributed by atoms with Gasteiger partial charge in [0.05, 0.1) is 17.3 Å². The van der Waals surface area contributed by atoms with Gasteiger partial charge in [0.25, 0.3) is 0 Å². The molecule has 0 aliphatic carbocycles. The maximum Gasteiger partial charge on any atom is 0.416 e. The number of rotatable bonds is 7. The second kappa shape index (κ2) is 9.12. The quantitative estimate of drug-likeness (QED) is 0.565. The van der Waals surface area contributed by atoms with Crippen LogP contribution in [0.25, 0.3) is 0 Å². The van der Waals surface area contributed by atoms with Crippen molar-refractivity contribution in [1.29, 1.82) is 0 Å². The van der Waals surface area contributed by atoms with Crippen LogP contribution < -0.4 is 15.4 Å². The Morgan fingerprint density at radius 3 is 2.35 bits per heavy atom. The Labute approximate surface area is 153 Å². The monoisotopic (exact) mass is 375 g/mol. The Morgan fingerprint density at radius 2 is 1.85 bits per heavy atom. The fourth-order valence-corrected chi connectivity index (χ4v) is 2.09. The highest BCUT2D eigenvalue weighted by Gasteiger charge is 2.34. The van der Waals surface area contributed by atoms with E-state index in [4.69, 9.17) is 9.47 Å². The van der Waals surface area contributed by atoms with Crippen LogP contribution in [0.4, 0.5) is 13.2 Å². The van der Waals surface area contributed by atoms with Crippen LogP contribution in [0.2, 0.25) is 0 Å². The first-order valence-corrected chi connectivity index (χ1v) is 8.35. The summed E-state index contributed by atoms with van der Waals surface area (Å²) in [5.74, 6) is 0.589. The summed E-state index contributed by atoms with van der Waals surface area (Å²) >= 11 is 0. The number of hydrogen-bond donors (Lipinski definition) is 2. The number of aliphatic imine (C=N–C) groups is 1. The summed E-state index contributed by atoms with van der Waals surface area (Å²) in [6.07, 6.45) is -4.67. The van der Waals surface area contributed by atoms with Crippen LogP contribution in [0.5, 0.6) is 5.75 Å². The third kappa shape index (κ3) is 7.11. The molecular formula is C18H28F3N3O2. The minimum absolute atomic E-state index is 0.0239. The molecule has 0 unspecified atom stereocenters. The van der Waals surface area contributed by atoms with Crippen LogP contribution in [0.15, 0.2) is 23.2 Å². The van der Waals surface area contributed by atoms with E-state index >= 15 is 0 Å². The molecule has 0 bridgehead atoms. The summed E-state index contributed by atoms with van der Waals surface area (Å²) in [6.45, 7) is 7.74. The van der Waals surface area contributed by atoms with E-state index in [9.17, 15) is 13.2 Å². The smallest absolute Gasteiger partial charge is 0.416 e. The van der Waals surface area contributed by atoms with Crippen molar-refractivity contribution in [2.45, 2.75) is 52.1 Å². The first kappa shape index (κ1) is 22.1. The number of alkyl halides is 3. The van der Waals surface area contributed by atoms with Gasteiger partial charge in [0.2, 0.25) is 0 Å². The molecule has 26 heavy (non-hydrogen) atoms. The number of nitrogens with zero attached hydrogens (tertiary/aromatic N) is 1. The van der Waals surface area contributed by atoms with Gasteiger partial charge in [-0.25, -0.2) is 0 Å². The third-order valence-electron chi connectivity index (χ3n) is 3.66. The zero-order valence-electron chi connectivity index (χ0n) is 16.1. The number of halogens is 3. The van der Waals surface area contributed by atoms with E-state index in [2.05, 4.69) is 15.6 Å². The summed E-state index contributed by atoms with van der Waals surface area (Å²) in [5.41, 5.74) is -1.04. The average Bonchev–Trinajstić information content (AvgIpc) is 2.54. The number of methoxy groups -OCH3 is 1. The van der Waals surface area contributed by atoms with Crippen LogP contribution in [0, 0.1) is 0 Å². The van der Waals surface area contributed by atoms with E-state index in [0.717, 1.165) is 6.07 Å². The van der Waals surface area contributed by atoms with Gasteiger partial charge in [0.15, 0.2) is 5.96 Å². The van der Waals surface area contributed by atoms with Gasteiger partial charge < -0.3 is 20.1 Å². The zero-order chi connectivity index (χ0) is 20.0. The first-order valence-electron chi connectivity index (χ1n) is 8.35. The molecule has 0 amide bonds. The van der Waals surface area contributed by atoms with Crippen LogP contribution >= 0.6 is 0 Å². The van der Waals surface area contributed by atoms with Gasteiger partial charge in [0, 0.05) is 27.2 Å². The van der Waals surface area contributed by atoms with Crippen molar-refractivity contribution in [3.63, 3.8) is 0 Å². The van der Waals surface area contributed by atoms with Crippen molar-refractivity contribution in [1.82, 2.24) is 10.6 Å². The molecule has 0 aliphatic rings. The molecule has 0 aromatic heterocycles. The van der Waals surface area contributed by atoms with Gasteiger partial charge >= 0.3 is 6.18 Å². The molecule has 5 nitrogen and oxygen atoms in total. The predicted octanol–water partition coefficient (Wildman–Crippen LogP) is 3.58. The second-order valence-corrected chi connectivity index (χ2v) is 6.73. The highest BCUT2D eigenvalue weighted by atomic mass is 19.4. The first-order chi connectivity index (χ1) is 12.0. The largest absolute Gasteiger partial charge is 0.491 e. The van der Waals surface area contributed by atoms with Crippen molar-refractivity contribution in [2.75, 3.05) is 20.7 Å². The van der Waals surface area contributed by atoms with E-state index in [1.807, 2.05) is 13.8 Å². The van der Waals surface area contributed by atoms with Gasteiger partial charge in [-0.05, 0) is 45.4 Å². The molecule has 1 aromatic carbocycles. The van der Waals surface area contributed by atoms with E-state index < -0.39 is 17.3 Å². The average molecular weight is 375 g/mol. The fraction of sp³-hybridized carbons (Fsp3) is 0.611. The van der Waals surface area contributed by atoms with Crippen LogP contribution in [0.3, 0.4) is 0 Å². The summed E-state index contributed by atoms with van der Waals surface area (Å²) in [5, 5.41) is 5.93. The molecule has 0 saturated heterocycles. The predicted molar refractivity (Wildman–Crippen MR) is 96.5 cm³/mol. The molecule has 1 rings (SSSR count). The third-order valence-corrected chi connectivity index (χ3v) is 3.66. The molecule has 0 saturated carbocycles. The summed E-state index contributed by atoms with van der Waals surface area (Å²) < 4.78 is 50.8.